The van der Waals surface area contributed by atoms with Gasteiger partial charge in [0.1, 0.15) is 5.38 Å². The van der Waals surface area contributed by atoms with Gasteiger partial charge >= 0.3 is 0 Å². The summed E-state index contributed by atoms with van der Waals surface area (Å²) in [5.41, 5.74) is 1.98. The van der Waals surface area contributed by atoms with Gasteiger partial charge in [-0.15, -0.1) is 24.2 Å². The van der Waals surface area contributed by atoms with E-state index in [0.717, 1.165) is 16.9 Å². The summed E-state index contributed by atoms with van der Waals surface area (Å²) in [4.78, 5) is 11.9. The molecule has 1 aromatic rings. The molecule has 0 N–H and O–H groups in total. The Labute approximate surface area is 94.9 Å². The minimum atomic E-state index is -0.575. The molecule has 14 heavy (non-hydrogen) atoms. The van der Waals surface area contributed by atoms with E-state index >= 15 is 0 Å². The second-order valence-electron chi connectivity index (χ2n) is 3.22. The highest BCUT2D eigenvalue weighted by atomic mass is 35.5. The van der Waals surface area contributed by atoms with E-state index in [9.17, 15) is 4.79 Å². The number of carbonyl (C=O) groups excluding carboxylic acids is 1. The van der Waals surface area contributed by atoms with Gasteiger partial charge in [-0.25, -0.2) is 0 Å². The first-order chi connectivity index (χ1) is 6.56. The summed E-state index contributed by atoms with van der Waals surface area (Å²) >= 11 is 10.3. The van der Waals surface area contributed by atoms with Crippen LogP contribution in [0.25, 0.3) is 0 Å². The quantitative estimate of drug-likeness (QED) is 0.620. The third kappa shape index (κ3) is 2.52. The summed E-state index contributed by atoms with van der Waals surface area (Å²) in [6.45, 7) is 3.55. The lowest BCUT2D eigenvalue weighted by molar-refractivity contribution is -0.116. The maximum Gasteiger partial charge on any atom is 0.152 e. The number of Topliss-reactive ketones (excluding diaryl/α,β-unsaturated/α-hetero) is 1. The fourth-order valence-corrected chi connectivity index (χ4v) is 1.77. The fourth-order valence-electron chi connectivity index (χ4n) is 1.25. The zero-order valence-electron chi connectivity index (χ0n) is 8.25. The van der Waals surface area contributed by atoms with Gasteiger partial charge in [0.2, 0.25) is 0 Å². The number of alkyl halides is 1. The Morgan fingerprint density at radius 1 is 1.57 bits per heavy atom. The van der Waals surface area contributed by atoms with Gasteiger partial charge in [0.15, 0.2) is 5.78 Å². The predicted molar refractivity (Wildman–Crippen MR) is 62.3 cm³/mol. The monoisotopic (exact) mass is 228 g/mol. The number of aryl methyl sites for hydroxylation is 1. The molecule has 1 rings (SSSR count). The van der Waals surface area contributed by atoms with Crippen LogP contribution < -0.4 is 0 Å². The molecule has 1 nitrogen and oxygen atoms in total. The van der Waals surface area contributed by atoms with Gasteiger partial charge in [0.25, 0.3) is 0 Å². The van der Waals surface area contributed by atoms with E-state index in [0.29, 0.717) is 0 Å². The zero-order chi connectivity index (χ0) is 10.7. The highest BCUT2D eigenvalue weighted by Gasteiger charge is 2.15. The number of benzene rings is 1. The number of hydrogen-bond donors (Lipinski definition) is 1. The third-order valence-electron chi connectivity index (χ3n) is 2.13. The smallest absolute Gasteiger partial charge is 0.152 e. The van der Waals surface area contributed by atoms with Crippen molar-refractivity contribution in [2.75, 3.05) is 0 Å². The van der Waals surface area contributed by atoms with Gasteiger partial charge in [-0.1, -0.05) is 19.1 Å². The molecule has 0 aliphatic carbocycles. The van der Waals surface area contributed by atoms with Gasteiger partial charge in [-0.2, -0.15) is 0 Å². The molecule has 1 unspecified atom stereocenters. The molecule has 0 amide bonds. The van der Waals surface area contributed by atoms with Gasteiger partial charge in [0, 0.05) is 4.90 Å². The van der Waals surface area contributed by atoms with Crippen molar-refractivity contribution in [1.82, 2.24) is 0 Å². The normalized spacial score (nSPS) is 12.6. The maximum absolute atomic E-state index is 11.1. The lowest BCUT2D eigenvalue weighted by atomic mass is 10.0. The molecule has 0 aliphatic heterocycles. The Morgan fingerprint density at radius 3 is 2.71 bits per heavy atom. The van der Waals surface area contributed by atoms with Crippen molar-refractivity contribution >= 4 is 30.0 Å². The highest BCUT2D eigenvalue weighted by Crippen LogP contribution is 2.28. The van der Waals surface area contributed by atoms with Gasteiger partial charge in [0.05, 0.1) is 0 Å². The number of hydrogen-bond acceptors (Lipinski definition) is 2. The molecule has 0 heterocycles. The van der Waals surface area contributed by atoms with Crippen LogP contribution in [-0.4, -0.2) is 5.78 Å². The lowest BCUT2D eigenvalue weighted by Gasteiger charge is -2.10. The number of ketones is 1. The molecular weight excluding hydrogens is 216 g/mol. The summed E-state index contributed by atoms with van der Waals surface area (Å²) in [5.74, 6) is -0.0461. The van der Waals surface area contributed by atoms with Crippen molar-refractivity contribution in [3.8, 4) is 0 Å². The summed E-state index contributed by atoms with van der Waals surface area (Å²) in [6.07, 6.45) is 0.933. The topological polar surface area (TPSA) is 17.1 Å². The second-order valence-corrected chi connectivity index (χ2v) is 4.14. The van der Waals surface area contributed by atoms with Crippen molar-refractivity contribution in [2.24, 2.45) is 0 Å². The van der Waals surface area contributed by atoms with Crippen molar-refractivity contribution < 1.29 is 4.79 Å². The Kier molecular flexibility index (Phi) is 4.02. The maximum atomic E-state index is 11.1. The molecule has 3 heteroatoms. The van der Waals surface area contributed by atoms with Crippen molar-refractivity contribution in [3.05, 3.63) is 29.3 Å². The van der Waals surface area contributed by atoms with Gasteiger partial charge < -0.3 is 0 Å². The average molecular weight is 229 g/mol. The Hall–Kier alpha value is -0.470. The Bertz CT molecular complexity index is 349. The van der Waals surface area contributed by atoms with E-state index in [1.54, 1.807) is 0 Å². The first-order valence-electron chi connectivity index (χ1n) is 4.52. The Balaban J connectivity index is 3.11. The van der Waals surface area contributed by atoms with Crippen LogP contribution in [-0.2, 0) is 11.2 Å². The lowest BCUT2D eigenvalue weighted by Crippen LogP contribution is -2.03. The minimum Gasteiger partial charge on any atom is -0.298 e. The molecule has 0 bridgehead atoms. The second kappa shape index (κ2) is 4.85. The molecule has 1 aromatic carbocycles. The number of rotatable bonds is 3. The van der Waals surface area contributed by atoms with Crippen LogP contribution in [0.1, 0.15) is 30.4 Å². The first kappa shape index (κ1) is 11.6. The van der Waals surface area contributed by atoms with Crippen LogP contribution in [0.4, 0.5) is 0 Å². The van der Waals surface area contributed by atoms with Crippen LogP contribution in [0.15, 0.2) is 23.1 Å². The number of carbonyl (C=O) groups is 1. The molecule has 76 valence electrons. The third-order valence-corrected chi connectivity index (χ3v) is 3.08. The molecule has 0 radical (unpaired) electrons. The zero-order valence-corrected chi connectivity index (χ0v) is 9.90. The molecule has 0 fully saturated rings. The van der Waals surface area contributed by atoms with Crippen molar-refractivity contribution in [3.63, 3.8) is 0 Å². The van der Waals surface area contributed by atoms with E-state index < -0.39 is 5.38 Å². The van der Waals surface area contributed by atoms with Crippen LogP contribution in [0.3, 0.4) is 0 Å². The average Bonchev–Trinajstić information content (AvgIpc) is 2.17. The van der Waals surface area contributed by atoms with Gasteiger partial charge in [-0.3, -0.25) is 4.79 Å². The molecule has 0 aliphatic rings. The molecular formula is C11H13ClOS. The first-order valence-corrected chi connectivity index (χ1v) is 5.41. The molecule has 0 aromatic heterocycles. The van der Waals surface area contributed by atoms with Crippen LogP contribution >= 0.6 is 24.2 Å². The van der Waals surface area contributed by atoms with E-state index in [1.807, 2.05) is 18.2 Å². The van der Waals surface area contributed by atoms with Crippen LogP contribution in [0.2, 0.25) is 0 Å². The number of thiol groups is 1. The largest absolute Gasteiger partial charge is 0.298 e. The van der Waals surface area contributed by atoms with Crippen LogP contribution in [0, 0.1) is 0 Å². The molecule has 1 atom stereocenters. The van der Waals surface area contributed by atoms with E-state index in [4.69, 9.17) is 11.6 Å². The Morgan fingerprint density at radius 2 is 2.21 bits per heavy atom. The molecule has 0 spiro atoms. The molecule has 0 saturated carbocycles. The van der Waals surface area contributed by atoms with Crippen molar-refractivity contribution in [1.29, 1.82) is 0 Å². The summed E-state index contributed by atoms with van der Waals surface area (Å²) in [6, 6.07) is 5.83. The van der Waals surface area contributed by atoms with Gasteiger partial charge in [-0.05, 0) is 30.5 Å². The predicted octanol–water partition coefficient (Wildman–Crippen LogP) is 3.41. The fraction of sp³-hybridized carbons (Fsp3) is 0.364. The summed E-state index contributed by atoms with van der Waals surface area (Å²) < 4.78 is 0. The minimum absolute atomic E-state index is 0.0461. The SMILES string of the molecule is CCc1ccc(S)c(C(Cl)C(C)=O)c1. The summed E-state index contributed by atoms with van der Waals surface area (Å²) in [5, 5.41) is -0.575. The van der Waals surface area contributed by atoms with E-state index in [-0.39, 0.29) is 5.78 Å². The van der Waals surface area contributed by atoms with Crippen molar-refractivity contribution in [2.45, 2.75) is 30.5 Å². The standard InChI is InChI=1S/C11H13ClOS/c1-3-8-4-5-10(14)9(6-8)11(12)7(2)13/h4-6,11,14H,3H2,1-2H3. The summed E-state index contributed by atoms with van der Waals surface area (Å²) in [7, 11) is 0. The highest BCUT2D eigenvalue weighted by molar-refractivity contribution is 7.80. The van der Waals surface area contributed by atoms with E-state index in [1.165, 1.54) is 12.5 Å². The van der Waals surface area contributed by atoms with E-state index in [2.05, 4.69) is 19.6 Å². The number of halogens is 1. The van der Waals surface area contributed by atoms with Crippen LogP contribution in [0.5, 0.6) is 0 Å². The molecule has 0 saturated heterocycles.